The third-order valence-electron chi connectivity index (χ3n) is 9.82. The topological polar surface area (TPSA) is 132 Å². The summed E-state index contributed by atoms with van der Waals surface area (Å²) in [7, 11) is -2.17. The summed E-state index contributed by atoms with van der Waals surface area (Å²) in [4.78, 5) is 35.7. The number of benzene rings is 2. The Morgan fingerprint density at radius 3 is 2.42 bits per heavy atom. The summed E-state index contributed by atoms with van der Waals surface area (Å²) in [6.45, 7) is 10.6. The van der Waals surface area contributed by atoms with Gasteiger partial charge in [-0.1, -0.05) is 64.3 Å². The molecule has 5 heterocycles. The normalized spacial score (nSPS) is 19.6. The molecule has 0 unspecified atom stereocenters. The molecule has 0 spiro atoms. The zero-order valence-corrected chi connectivity index (χ0v) is 30.2. The van der Waals surface area contributed by atoms with Crippen LogP contribution in [0.2, 0.25) is 0 Å². The maximum Gasteiger partial charge on any atom is 0.264 e. The summed E-state index contributed by atoms with van der Waals surface area (Å²) in [6.07, 6.45) is 5.94. The first-order valence-corrected chi connectivity index (χ1v) is 18.7. The van der Waals surface area contributed by atoms with E-state index in [9.17, 15) is 13.2 Å². The van der Waals surface area contributed by atoms with E-state index < -0.39 is 16.1 Å². The number of ether oxygens (including phenoxy) is 1. The van der Waals surface area contributed by atoms with Crippen LogP contribution in [0.1, 0.15) is 91.8 Å². The molecule has 2 aliphatic rings. The van der Waals surface area contributed by atoms with Gasteiger partial charge in [-0.3, -0.25) is 9.78 Å². The highest BCUT2D eigenvalue weighted by atomic mass is 32.2. The molecule has 1 saturated heterocycles. The number of rotatable bonds is 2. The van der Waals surface area contributed by atoms with Crippen molar-refractivity contribution in [1.82, 2.24) is 29.4 Å². The minimum absolute atomic E-state index is 0.0639. The van der Waals surface area contributed by atoms with Crippen LogP contribution in [0.15, 0.2) is 65.7 Å². The zero-order valence-electron chi connectivity index (χ0n) is 29.4. The molecule has 4 bridgehead atoms. The second-order valence-corrected chi connectivity index (χ2v) is 16.2. The van der Waals surface area contributed by atoms with E-state index in [0.717, 1.165) is 52.8 Å². The Hall–Kier alpha value is -4.84. The van der Waals surface area contributed by atoms with Crippen molar-refractivity contribution in [3.63, 3.8) is 0 Å². The lowest BCUT2D eigenvalue weighted by Gasteiger charge is -2.39. The highest BCUT2D eigenvalue weighted by Crippen LogP contribution is 2.36. The molecule has 3 aromatic heterocycles. The monoisotopic (exact) mass is 693 g/mol. The lowest BCUT2D eigenvalue weighted by atomic mass is 9.92. The van der Waals surface area contributed by atoms with Gasteiger partial charge < -0.3 is 14.2 Å². The molecule has 2 atom stereocenters. The number of nitrogens with zero attached hydrogens (tertiary/aromatic N) is 6. The quantitative estimate of drug-likeness (QED) is 0.208. The molecule has 0 aliphatic carbocycles. The number of carbonyl (C=O) groups excluding carboxylic acids is 1. The molecule has 2 aliphatic heterocycles. The van der Waals surface area contributed by atoms with Crippen LogP contribution < -0.4 is 9.46 Å². The molecular formula is C38H43N7O4S. The average Bonchev–Trinajstić information content (AvgIpc) is 3.40. The Labute approximate surface area is 293 Å². The summed E-state index contributed by atoms with van der Waals surface area (Å²) in [5, 5.41) is 0. The highest BCUT2D eigenvalue weighted by molar-refractivity contribution is 7.92. The van der Waals surface area contributed by atoms with Crippen LogP contribution in [0.4, 0.5) is 5.95 Å². The van der Waals surface area contributed by atoms with Gasteiger partial charge in [0.25, 0.3) is 15.9 Å². The van der Waals surface area contributed by atoms with E-state index in [1.807, 2.05) is 44.0 Å². The van der Waals surface area contributed by atoms with E-state index >= 15 is 0 Å². The number of nitrogens with one attached hydrogen (secondary N) is 1. The van der Waals surface area contributed by atoms with Crippen LogP contribution in [-0.2, 0) is 22.5 Å². The number of sulfonamides is 1. The third kappa shape index (κ3) is 6.32. The fourth-order valence-corrected chi connectivity index (χ4v) is 8.35. The standard InChI is InChI=1S/C38H43N7O4S/c1-23-12-10-13-24(2)34(23)28-20-33-42-37(41-28)43-50(47,48)27-16-11-14-25(18-27)36(46)45-26(22-49-33)15-8-7-9-17-31(45)30-21-39-29-19-32(38(3,4)5)44(6)35(29)40-30/h10-14,16,18-21,26,31H,7-9,15,17,22H2,1-6H3,(H,41,42,43)/t26-,31+/m1/s1. The largest absolute Gasteiger partial charge is 0.475 e. The SMILES string of the molecule is Cc1cccc(C)c1-c1cc2nc(n1)NS(=O)(=O)c1cccc(c1)C(=O)N1[C@H](CCCCC[C@H]1c1cnc3cc(C(C)(C)C)n(C)c3n1)CO2. The zero-order chi connectivity index (χ0) is 35.4. The van der Waals surface area contributed by atoms with Gasteiger partial charge in [-0.2, -0.15) is 4.98 Å². The minimum Gasteiger partial charge on any atom is -0.475 e. The van der Waals surface area contributed by atoms with Crippen LogP contribution >= 0.6 is 0 Å². The number of anilines is 1. The average molecular weight is 694 g/mol. The molecule has 1 N–H and O–H groups in total. The van der Waals surface area contributed by atoms with Crippen molar-refractivity contribution in [2.45, 2.75) is 89.1 Å². The number of amides is 1. The van der Waals surface area contributed by atoms with Crippen molar-refractivity contribution in [3.8, 4) is 17.1 Å². The van der Waals surface area contributed by atoms with E-state index in [0.29, 0.717) is 24.2 Å². The molecule has 260 valence electrons. The van der Waals surface area contributed by atoms with Crippen LogP contribution in [-0.4, -0.2) is 56.4 Å². The smallest absolute Gasteiger partial charge is 0.264 e. The number of hydrogen-bond acceptors (Lipinski definition) is 8. The third-order valence-corrected chi connectivity index (χ3v) is 11.1. The highest BCUT2D eigenvalue weighted by Gasteiger charge is 2.36. The number of carbonyl (C=O) groups is 1. The first-order chi connectivity index (χ1) is 23.8. The fraction of sp³-hybridized carbons (Fsp3) is 0.395. The van der Waals surface area contributed by atoms with Gasteiger partial charge in [-0.25, -0.2) is 23.1 Å². The molecule has 1 fully saturated rings. The minimum atomic E-state index is -4.17. The van der Waals surface area contributed by atoms with Crippen LogP contribution in [0.3, 0.4) is 0 Å². The van der Waals surface area contributed by atoms with Gasteiger partial charge in [-0.05, 0) is 62.1 Å². The Morgan fingerprint density at radius 2 is 1.66 bits per heavy atom. The predicted molar refractivity (Wildman–Crippen MR) is 193 cm³/mol. The lowest BCUT2D eigenvalue weighted by Crippen LogP contribution is -2.47. The molecule has 11 nitrogen and oxygen atoms in total. The molecule has 0 saturated carbocycles. The summed E-state index contributed by atoms with van der Waals surface area (Å²) in [5.74, 6) is -0.184. The summed E-state index contributed by atoms with van der Waals surface area (Å²) >= 11 is 0. The van der Waals surface area contributed by atoms with Gasteiger partial charge in [0.05, 0.1) is 34.6 Å². The molecule has 0 radical (unpaired) electrons. The first-order valence-electron chi connectivity index (χ1n) is 17.2. The van der Waals surface area contributed by atoms with Gasteiger partial charge in [0.1, 0.15) is 12.1 Å². The number of aryl methyl sites for hydroxylation is 3. The molecule has 1 amide bonds. The molecule has 2 aromatic carbocycles. The van der Waals surface area contributed by atoms with E-state index in [1.54, 1.807) is 24.4 Å². The van der Waals surface area contributed by atoms with Crippen molar-refractivity contribution in [2.75, 3.05) is 11.3 Å². The van der Waals surface area contributed by atoms with Gasteiger partial charge >= 0.3 is 0 Å². The molecule has 12 heteroatoms. The maximum atomic E-state index is 14.7. The predicted octanol–water partition coefficient (Wildman–Crippen LogP) is 7.05. The Balaban J connectivity index is 1.38. The van der Waals surface area contributed by atoms with Crippen molar-refractivity contribution in [3.05, 3.63) is 88.9 Å². The van der Waals surface area contributed by atoms with Crippen molar-refractivity contribution >= 4 is 33.0 Å². The van der Waals surface area contributed by atoms with Gasteiger partial charge in [0, 0.05) is 35.3 Å². The van der Waals surface area contributed by atoms with Gasteiger partial charge in [0.15, 0.2) is 5.65 Å². The van der Waals surface area contributed by atoms with E-state index in [1.165, 1.54) is 12.1 Å². The van der Waals surface area contributed by atoms with Gasteiger partial charge in [0.2, 0.25) is 11.8 Å². The molecular weight excluding hydrogens is 651 g/mol. The second-order valence-electron chi connectivity index (χ2n) is 14.5. The summed E-state index contributed by atoms with van der Waals surface area (Å²) in [6, 6.07) is 15.1. The Kier molecular flexibility index (Phi) is 8.62. The van der Waals surface area contributed by atoms with Crippen LogP contribution in [0.25, 0.3) is 22.4 Å². The van der Waals surface area contributed by atoms with Crippen LogP contribution in [0.5, 0.6) is 5.88 Å². The van der Waals surface area contributed by atoms with Crippen molar-refractivity contribution < 1.29 is 17.9 Å². The van der Waals surface area contributed by atoms with Crippen molar-refractivity contribution in [1.29, 1.82) is 0 Å². The maximum absolute atomic E-state index is 14.7. The van der Waals surface area contributed by atoms with Gasteiger partial charge in [-0.15, -0.1) is 0 Å². The molecule has 50 heavy (non-hydrogen) atoms. The molecule has 7 rings (SSSR count). The van der Waals surface area contributed by atoms with E-state index in [4.69, 9.17) is 14.7 Å². The lowest BCUT2D eigenvalue weighted by molar-refractivity contribution is 0.0400. The first kappa shape index (κ1) is 33.6. The number of hydrogen-bond donors (Lipinski definition) is 1. The number of aromatic nitrogens is 5. The fourth-order valence-electron chi connectivity index (χ4n) is 7.36. The second kappa shape index (κ2) is 12.8. The Morgan fingerprint density at radius 1 is 0.920 bits per heavy atom. The summed E-state index contributed by atoms with van der Waals surface area (Å²) in [5.41, 5.74) is 6.90. The van der Waals surface area contributed by atoms with E-state index in [2.05, 4.69) is 46.1 Å². The molecule has 5 aromatic rings. The summed E-state index contributed by atoms with van der Waals surface area (Å²) < 4.78 is 38.6. The number of fused-ring (bicyclic) bond motifs is 6. The van der Waals surface area contributed by atoms with Crippen molar-refractivity contribution in [2.24, 2.45) is 7.05 Å². The van der Waals surface area contributed by atoms with E-state index in [-0.39, 0.29) is 46.3 Å². The van der Waals surface area contributed by atoms with Crippen LogP contribution in [0, 0.1) is 13.8 Å². The Bertz CT molecular complexity index is 2200.